The molecule has 1 N–H and O–H groups in total. The highest BCUT2D eigenvalue weighted by molar-refractivity contribution is 8.01. The lowest BCUT2D eigenvalue weighted by Crippen LogP contribution is -1.98. The molecule has 2 aromatic rings. The Morgan fingerprint density at radius 1 is 1.47 bits per heavy atom. The molecule has 2 rings (SSSR count). The molecule has 0 spiro atoms. The van der Waals surface area contributed by atoms with Crippen molar-refractivity contribution in [1.82, 2.24) is 4.98 Å². The van der Waals surface area contributed by atoms with Crippen LogP contribution in [0.2, 0.25) is 0 Å². The second-order valence-corrected chi connectivity index (χ2v) is 5.00. The fourth-order valence-electron chi connectivity index (χ4n) is 1.07. The Kier molecular flexibility index (Phi) is 3.03. The summed E-state index contributed by atoms with van der Waals surface area (Å²) in [4.78, 5) is 15.5. The average Bonchev–Trinajstić information content (AvgIpc) is 2.71. The van der Waals surface area contributed by atoms with E-state index in [2.05, 4.69) is 4.98 Å². The van der Waals surface area contributed by atoms with Crippen molar-refractivity contribution in [3.05, 3.63) is 41.5 Å². The highest BCUT2D eigenvalue weighted by Gasteiger charge is 2.10. The quantitative estimate of drug-likeness (QED) is 0.891. The number of rotatable bonds is 3. The molecule has 5 heteroatoms. The highest BCUT2D eigenvalue weighted by Crippen LogP contribution is 2.32. The summed E-state index contributed by atoms with van der Waals surface area (Å²) in [5.74, 6) is -0.920. The van der Waals surface area contributed by atoms with Gasteiger partial charge in [0.25, 0.3) is 0 Å². The normalized spacial score (nSPS) is 10.1. The first kappa shape index (κ1) is 10.2. The van der Waals surface area contributed by atoms with E-state index in [4.69, 9.17) is 5.11 Å². The Hall–Kier alpha value is -1.33. The molecule has 0 unspecified atom stereocenters. The zero-order valence-corrected chi connectivity index (χ0v) is 9.22. The van der Waals surface area contributed by atoms with Crippen molar-refractivity contribution in [1.29, 1.82) is 0 Å². The fraction of sp³-hybridized carbons (Fsp3) is 0. The third kappa shape index (κ3) is 2.37. The number of aromatic nitrogens is 1. The van der Waals surface area contributed by atoms with Gasteiger partial charge in [-0.1, -0.05) is 17.8 Å². The van der Waals surface area contributed by atoms with Crippen LogP contribution in [0.1, 0.15) is 10.4 Å². The van der Waals surface area contributed by atoms with Crippen LogP contribution in [0.4, 0.5) is 0 Å². The fourth-order valence-corrected chi connectivity index (χ4v) is 2.89. The number of carboxylic acid groups (broad SMARTS) is 1. The summed E-state index contributed by atoms with van der Waals surface area (Å²) in [6.45, 7) is 0. The molecule has 0 atom stereocenters. The van der Waals surface area contributed by atoms with Crippen molar-refractivity contribution < 1.29 is 9.90 Å². The zero-order chi connectivity index (χ0) is 10.7. The summed E-state index contributed by atoms with van der Waals surface area (Å²) in [6, 6.07) is 5.40. The monoisotopic (exact) mass is 237 g/mol. The molecule has 0 aliphatic heterocycles. The van der Waals surface area contributed by atoms with Crippen LogP contribution in [0, 0.1) is 0 Å². The third-order valence-corrected chi connectivity index (χ3v) is 3.80. The zero-order valence-electron chi connectivity index (χ0n) is 7.58. The van der Waals surface area contributed by atoms with Crippen LogP contribution < -0.4 is 0 Å². The van der Waals surface area contributed by atoms with Gasteiger partial charge in [0.05, 0.1) is 9.77 Å². The van der Waals surface area contributed by atoms with Crippen LogP contribution in [0.25, 0.3) is 0 Å². The van der Waals surface area contributed by atoms with E-state index in [9.17, 15) is 4.79 Å². The number of nitrogens with zero attached hydrogens (tertiary/aromatic N) is 1. The van der Waals surface area contributed by atoms with Crippen LogP contribution in [0.3, 0.4) is 0 Å². The van der Waals surface area contributed by atoms with E-state index in [1.54, 1.807) is 17.5 Å². The minimum absolute atomic E-state index is 0.295. The second-order valence-electron chi connectivity index (χ2n) is 2.71. The third-order valence-electron chi connectivity index (χ3n) is 1.72. The molecule has 3 nitrogen and oxygen atoms in total. The van der Waals surface area contributed by atoms with Crippen molar-refractivity contribution in [3.8, 4) is 0 Å². The molecule has 15 heavy (non-hydrogen) atoms. The number of thiophene rings is 1. The number of aromatic carboxylic acids is 1. The molecule has 0 saturated carbocycles. The van der Waals surface area contributed by atoms with E-state index in [1.807, 2.05) is 17.5 Å². The summed E-state index contributed by atoms with van der Waals surface area (Å²) in [6.07, 6.45) is 3.07. The van der Waals surface area contributed by atoms with E-state index < -0.39 is 5.97 Å². The van der Waals surface area contributed by atoms with Gasteiger partial charge in [-0.15, -0.1) is 11.3 Å². The van der Waals surface area contributed by atoms with E-state index in [-0.39, 0.29) is 0 Å². The first-order valence-corrected chi connectivity index (χ1v) is 5.85. The molecule has 76 valence electrons. The number of carboxylic acids is 1. The number of hydrogen-bond acceptors (Lipinski definition) is 4. The molecule has 0 aliphatic carbocycles. The minimum Gasteiger partial charge on any atom is -0.478 e. The van der Waals surface area contributed by atoms with E-state index in [0.29, 0.717) is 10.5 Å². The Labute approximate surface area is 94.8 Å². The minimum atomic E-state index is -0.920. The standard InChI is InChI=1S/C10H7NO2S2/c12-10(13)7-3-4-11-6-8(7)15-9-2-1-5-14-9/h1-6H,(H,12,13). The van der Waals surface area contributed by atoms with Crippen molar-refractivity contribution in [2.24, 2.45) is 0 Å². The Balaban J connectivity index is 2.32. The van der Waals surface area contributed by atoms with Crippen LogP contribution in [-0.2, 0) is 0 Å². The van der Waals surface area contributed by atoms with Gasteiger partial charge in [-0.25, -0.2) is 4.79 Å². The van der Waals surface area contributed by atoms with Crippen LogP contribution in [0.15, 0.2) is 45.1 Å². The number of carbonyl (C=O) groups is 1. The molecule has 0 radical (unpaired) electrons. The molecular weight excluding hydrogens is 230 g/mol. The summed E-state index contributed by atoms with van der Waals surface area (Å²) < 4.78 is 1.06. The largest absolute Gasteiger partial charge is 0.478 e. The average molecular weight is 237 g/mol. The lowest BCUT2D eigenvalue weighted by Gasteiger charge is -2.02. The van der Waals surface area contributed by atoms with Crippen molar-refractivity contribution in [2.75, 3.05) is 0 Å². The van der Waals surface area contributed by atoms with Crippen molar-refractivity contribution in [2.45, 2.75) is 9.10 Å². The Morgan fingerprint density at radius 2 is 2.33 bits per heavy atom. The molecular formula is C10H7NO2S2. The van der Waals surface area contributed by atoms with E-state index in [1.165, 1.54) is 24.0 Å². The molecule has 0 aliphatic rings. The van der Waals surface area contributed by atoms with Gasteiger partial charge in [0.1, 0.15) is 0 Å². The van der Waals surface area contributed by atoms with Gasteiger partial charge in [0, 0.05) is 17.3 Å². The molecule has 0 saturated heterocycles. The molecule has 0 aromatic carbocycles. The maximum atomic E-state index is 10.9. The van der Waals surface area contributed by atoms with Gasteiger partial charge in [-0.3, -0.25) is 4.98 Å². The highest BCUT2D eigenvalue weighted by atomic mass is 32.2. The van der Waals surface area contributed by atoms with Crippen LogP contribution in [0.5, 0.6) is 0 Å². The molecule has 2 aromatic heterocycles. The van der Waals surface area contributed by atoms with E-state index >= 15 is 0 Å². The molecule has 0 amide bonds. The van der Waals surface area contributed by atoms with Crippen molar-refractivity contribution in [3.63, 3.8) is 0 Å². The number of pyridine rings is 1. The van der Waals surface area contributed by atoms with Crippen molar-refractivity contribution >= 4 is 29.1 Å². The van der Waals surface area contributed by atoms with Gasteiger partial charge < -0.3 is 5.11 Å². The molecule has 0 bridgehead atoms. The summed E-state index contributed by atoms with van der Waals surface area (Å²) in [7, 11) is 0. The smallest absolute Gasteiger partial charge is 0.336 e. The van der Waals surface area contributed by atoms with Gasteiger partial charge >= 0.3 is 5.97 Å². The number of hydrogen-bond donors (Lipinski definition) is 1. The predicted octanol–water partition coefficient (Wildman–Crippen LogP) is 2.99. The summed E-state index contributed by atoms with van der Waals surface area (Å²) >= 11 is 3.00. The lowest BCUT2D eigenvalue weighted by molar-refractivity contribution is 0.0693. The van der Waals surface area contributed by atoms with Gasteiger partial charge in [0.2, 0.25) is 0 Å². The van der Waals surface area contributed by atoms with Crippen LogP contribution in [-0.4, -0.2) is 16.1 Å². The van der Waals surface area contributed by atoms with Gasteiger partial charge in [-0.05, 0) is 17.5 Å². The second kappa shape index (κ2) is 4.46. The van der Waals surface area contributed by atoms with Crippen LogP contribution >= 0.6 is 23.1 Å². The van der Waals surface area contributed by atoms with Gasteiger partial charge in [-0.2, -0.15) is 0 Å². The lowest BCUT2D eigenvalue weighted by atomic mass is 10.3. The van der Waals surface area contributed by atoms with E-state index in [0.717, 1.165) is 4.21 Å². The Morgan fingerprint density at radius 3 is 3.00 bits per heavy atom. The molecule has 2 heterocycles. The topological polar surface area (TPSA) is 50.2 Å². The summed E-state index contributed by atoms with van der Waals surface area (Å²) in [5.41, 5.74) is 0.295. The maximum absolute atomic E-state index is 10.9. The summed E-state index contributed by atoms with van der Waals surface area (Å²) in [5, 5.41) is 10.9. The maximum Gasteiger partial charge on any atom is 0.336 e. The predicted molar refractivity (Wildman–Crippen MR) is 59.6 cm³/mol. The first-order chi connectivity index (χ1) is 7.27. The Bertz CT molecular complexity index is 468. The first-order valence-electron chi connectivity index (χ1n) is 4.16. The molecule has 0 fully saturated rings. The SMILES string of the molecule is O=C(O)c1ccncc1Sc1cccs1. The van der Waals surface area contributed by atoms with Gasteiger partial charge in [0.15, 0.2) is 0 Å².